The molecule has 42 heavy (non-hydrogen) atoms. The van der Waals surface area contributed by atoms with Gasteiger partial charge in [0.1, 0.15) is 5.60 Å². The van der Waals surface area contributed by atoms with Gasteiger partial charge in [-0.05, 0) is 40.0 Å². The van der Waals surface area contributed by atoms with Crippen LogP contribution in [0, 0.1) is 0 Å². The lowest BCUT2D eigenvalue weighted by Gasteiger charge is -2.23. The van der Waals surface area contributed by atoms with E-state index < -0.39 is 11.7 Å². The van der Waals surface area contributed by atoms with Crippen LogP contribution in [0.4, 0.5) is 4.79 Å². The van der Waals surface area contributed by atoms with Crippen LogP contribution in [-0.2, 0) is 9.53 Å². The minimum absolute atomic E-state index is 0.243. The van der Waals surface area contributed by atoms with Gasteiger partial charge >= 0.3 is 6.09 Å². The molecule has 0 radical (unpaired) electrons. The summed E-state index contributed by atoms with van der Waals surface area (Å²) >= 11 is 0. The molecule has 0 saturated carbocycles. The molecule has 5 nitrogen and oxygen atoms in total. The van der Waals surface area contributed by atoms with E-state index in [9.17, 15) is 9.59 Å². The van der Waals surface area contributed by atoms with Gasteiger partial charge in [-0.25, -0.2) is 4.79 Å². The maximum Gasteiger partial charge on any atom is 0.407 e. The molecule has 0 bridgehead atoms. The van der Waals surface area contributed by atoms with Crippen molar-refractivity contribution in [3.63, 3.8) is 0 Å². The van der Waals surface area contributed by atoms with Crippen molar-refractivity contribution in [3.8, 4) is 0 Å². The van der Waals surface area contributed by atoms with E-state index in [0.29, 0.717) is 19.4 Å². The highest BCUT2D eigenvalue weighted by Crippen LogP contribution is 2.15. The Morgan fingerprint density at radius 2 is 0.857 bits per heavy atom. The van der Waals surface area contributed by atoms with Crippen molar-refractivity contribution in [2.24, 2.45) is 0 Å². The second-order valence-electron chi connectivity index (χ2n) is 13.7. The molecule has 0 fully saturated rings. The number of rotatable bonds is 30. The highest BCUT2D eigenvalue weighted by molar-refractivity contribution is 5.76. The summed E-state index contributed by atoms with van der Waals surface area (Å²) in [5.74, 6) is 0.243. The quantitative estimate of drug-likeness (QED) is 0.0841. The number of nitrogens with zero attached hydrogens (tertiary/aromatic N) is 1. The van der Waals surface area contributed by atoms with Gasteiger partial charge in [-0.2, -0.15) is 0 Å². The average molecular weight is 595 g/mol. The predicted octanol–water partition coefficient (Wildman–Crippen LogP) is 11.5. The van der Waals surface area contributed by atoms with Crippen LogP contribution in [-0.4, -0.2) is 42.1 Å². The van der Waals surface area contributed by atoms with Crippen LogP contribution >= 0.6 is 0 Å². The van der Waals surface area contributed by atoms with Crippen molar-refractivity contribution in [3.05, 3.63) is 0 Å². The van der Waals surface area contributed by atoms with Crippen LogP contribution in [0.1, 0.15) is 202 Å². The SMILES string of the molecule is CCCCCCCCCCCCCCN(CCCCCCCCCCCCCC)C(=O)CCCNC(=O)OC(C)(C)C. The van der Waals surface area contributed by atoms with Gasteiger partial charge in [0.05, 0.1) is 0 Å². The highest BCUT2D eigenvalue weighted by atomic mass is 16.6. The smallest absolute Gasteiger partial charge is 0.407 e. The summed E-state index contributed by atoms with van der Waals surface area (Å²) in [6, 6.07) is 0. The number of carbonyl (C=O) groups excluding carboxylic acids is 2. The second kappa shape index (κ2) is 29.8. The lowest BCUT2D eigenvalue weighted by molar-refractivity contribution is -0.131. The lowest BCUT2D eigenvalue weighted by atomic mass is 10.0. The molecule has 2 amide bonds. The number of unbranched alkanes of at least 4 members (excludes halogenated alkanes) is 22. The number of amides is 2. The molecular formula is C37H74N2O3. The van der Waals surface area contributed by atoms with Crippen molar-refractivity contribution in [1.29, 1.82) is 0 Å². The standard InChI is InChI=1S/C37H74N2O3/c1-6-8-10-12-14-16-18-20-22-24-26-28-33-39(35(40)31-30-32-38-36(41)42-37(3,4)5)34-29-27-25-23-21-19-17-15-13-11-9-7-2/h6-34H2,1-5H3,(H,38,41). The number of nitrogens with one attached hydrogen (secondary N) is 1. The summed E-state index contributed by atoms with van der Waals surface area (Å²) in [6.07, 6.45) is 32.8. The fourth-order valence-corrected chi connectivity index (χ4v) is 5.55. The summed E-state index contributed by atoms with van der Waals surface area (Å²) in [5.41, 5.74) is -0.501. The van der Waals surface area contributed by atoms with Crippen molar-refractivity contribution >= 4 is 12.0 Å². The molecule has 0 aliphatic heterocycles. The zero-order valence-electron chi connectivity index (χ0n) is 29.2. The Morgan fingerprint density at radius 3 is 1.19 bits per heavy atom. The summed E-state index contributed by atoms with van der Waals surface area (Å²) in [4.78, 5) is 27.1. The maximum absolute atomic E-state index is 13.1. The zero-order valence-corrected chi connectivity index (χ0v) is 29.2. The Kier molecular flexibility index (Phi) is 28.9. The van der Waals surface area contributed by atoms with Crippen LogP contribution in [0.2, 0.25) is 0 Å². The predicted molar refractivity (Wildman–Crippen MR) is 182 cm³/mol. The molecule has 0 saturated heterocycles. The molecule has 5 heteroatoms. The number of ether oxygens (including phenoxy) is 1. The summed E-state index contributed by atoms with van der Waals surface area (Å²) < 4.78 is 5.30. The van der Waals surface area contributed by atoms with Gasteiger partial charge in [0, 0.05) is 26.1 Å². The fraction of sp³-hybridized carbons (Fsp3) is 0.946. The Labute approximate surface area is 263 Å². The molecule has 0 atom stereocenters. The molecule has 0 aromatic carbocycles. The highest BCUT2D eigenvalue weighted by Gasteiger charge is 2.16. The van der Waals surface area contributed by atoms with E-state index in [1.165, 1.54) is 141 Å². The molecule has 0 aliphatic rings. The number of hydrogen-bond acceptors (Lipinski definition) is 3. The number of carbonyl (C=O) groups is 2. The van der Waals surface area contributed by atoms with Gasteiger partial charge in [0.15, 0.2) is 0 Å². The molecule has 0 unspecified atom stereocenters. The maximum atomic E-state index is 13.1. The van der Waals surface area contributed by atoms with Gasteiger partial charge in [0.25, 0.3) is 0 Å². The van der Waals surface area contributed by atoms with Crippen LogP contribution in [0.3, 0.4) is 0 Å². The third-order valence-electron chi connectivity index (χ3n) is 8.15. The average Bonchev–Trinajstić information content (AvgIpc) is 2.94. The van der Waals surface area contributed by atoms with E-state index in [4.69, 9.17) is 4.74 Å². The van der Waals surface area contributed by atoms with Crippen molar-refractivity contribution in [2.75, 3.05) is 19.6 Å². The first-order valence-electron chi connectivity index (χ1n) is 18.5. The van der Waals surface area contributed by atoms with Crippen LogP contribution in [0.15, 0.2) is 0 Å². The number of hydrogen-bond donors (Lipinski definition) is 1. The normalized spacial score (nSPS) is 11.5. The fourth-order valence-electron chi connectivity index (χ4n) is 5.55. The summed E-state index contributed by atoms with van der Waals surface area (Å²) in [5, 5.41) is 2.79. The Bertz CT molecular complexity index is 574. The monoisotopic (exact) mass is 595 g/mol. The largest absolute Gasteiger partial charge is 0.444 e. The van der Waals surface area contributed by atoms with Gasteiger partial charge < -0.3 is 15.0 Å². The van der Waals surface area contributed by atoms with E-state index in [2.05, 4.69) is 24.1 Å². The van der Waals surface area contributed by atoms with E-state index >= 15 is 0 Å². The minimum Gasteiger partial charge on any atom is -0.444 e. The molecule has 250 valence electrons. The summed E-state index contributed by atoms with van der Waals surface area (Å²) in [7, 11) is 0. The summed E-state index contributed by atoms with van der Waals surface area (Å²) in [6.45, 7) is 12.4. The zero-order chi connectivity index (χ0) is 31.2. The third kappa shape index (κ3) is 30.2. The lowest BCUT2D eigenvalue weighted by Crippen LogP contribution is -2.35. The molecule has 0 aromatic heterocycles. The van der Waals surface area contributed by atoms with Crippen LogP contribution in [0.25, 0.3) is 0 Å². The molecular weight excluding hydrogens is 520 g/mol. The molecule has 0 rings (SSSR count). The van der Waals surface area contributed by atoms with Gasteiger partial charge in [-0.3, -0.25) is 4.79 Å². The van der Waals surface area contributed by atoms with E-state index in [1.807, 2.05) is 20.8 Å². The molecule has 0 aromatic rings. The van der Waals surface area contributed by atoms with E-state index in [0.717, 1.165) is 25.9 Å². The first-order valence-corrected chi connectivity index (χ1v) is 18.5. The van der Waals surface area contributed by atoms with Gasteiger partial charge in [-0.15, -0.1) is 0 Å². The second-order valence-corrected chi connectivity index (χ2v) is 13.7. The Balaban J connectivity index is 4.18. The minimum atomic E-state index is -0.501. The Morgan fingerprint density at radius 1 is 0.524 bits per heavy atom. The number of alkyl carbamates (subject to hydrolysis) is 1. The van der Waals surface area contributed by atoms with E-state index in [1.54, 1.807) is 0 Å². The van der Waals surface area contributed by atoms with Crippen LogP contribution in [0.5, 0.6) is 0 Å². The van der Waals surface area contributed by atoms with Crippen molar-refractivity contribution < 1.29 is 14.3 Å². The van der Waals surface area contributed by atoms with Crippen molar-refractivity contribution in [1.82, 2.24) is 10.2 Å². The first kappa shape index (κ1) is 40.7. The van der Waals surface area contributed by atoms with E-state index in [-0.39, 0.29) is 5.91 Å². The Hall–Kier alpha value is -1.26. The first-order chi connectivity index (χ1) is 20.3. The topological polar surface area (TPSA) is 58.6 Å². The molecule has 0 spiro atoms. The molecule has 0 aliphatic carbocycles. The molecule has 1 N–H and O–H groups in total. The van der Waals surface area contributed by atoms with Gasteiger partial charge in [0.2, 0.25) is 5.91 Å². The van der Waals surface area contributed by atoms with Crippen LogP contribution < -0.4 is 5.32 Å². The third-order valence-corrected chi connectivity index (χ3v) is 8.15. The van der Waals surface area contributed by atoms with Gasteiger partial charge in [-0.1, -0.05) is 155 Å². The molecule has 0 heterocycles. The van der Waals surface area contributed by atoms with Crippen molar-refractivity contribution in [2.45, 2.75) is 207 Å².